The minimum atomic E-state index is -3.03. The molecule has 1 aromatic carbocycles. The Bertz CT molecular complexity index is 910. The molecule has 0 bridgehead atoms. The van der Waals surface area contributed by atoms with Gasteiger partial charge in [-0.25, -0.2) is 9.97 Å². The van der Waals surface area contributed by atoms with E-state index in [-0.39, 0.29) is 54.1 Å². The fraction of sp³-hybridized carbons (Fsp3) is 0.333. The highest BCUT2D eigenvalue weighted by Crippen LogP contribution is 2.23. The van der Waals surface area contributed by atoms with E-state index in [4.69, 9.17) is 11.6 Å². The SMILES string of the molecule is CSc1ncc(Cl)c(C(=O)N2CCN(C(=O)c3ccccc3OC(F)F)CC2)n1. The number of nitrogens with zero attached hydrogens (tertiary/aromatic N) is 4. The van der Waals surface area contributed by atoms with Crippen molar-refractivity contribution < 1.29 is 23.1 Å². The number of amides is 2. The van der Waals surface area contributed by atoms with E-state index in [9.17, 15) is 18.4 Å². The number of alkyl halides is 2. The van der Waals surface area contributed by atoms with E-state index >= 15 is 0 Å². The van der Waals surface area contributed by atoms with Crippen LogP contribution in [0.5, 0.6) is 5.75 Å². The van der Waals surface area contributed by atoms with Crippen LogP contribution in [0.4, 0.5) is 8.78 Å². The number of halogens is 3. The molecule has 0 atom stereocenters. The molecule has 0 aliphatic carbocycles. The number of para-hydroxylation sites is 1. The summed E-state index contributed by atoms with van der Waals surface area (Å²) in [4.78, 5) is 36.7. The van der Waals surface area contributed by atoms with Gasteiger partial charge in [0.05, 0.1) is 16.8 Å². The second kappa shape index (κ2) is 9.36. The van der Waals surface area contributed by atoms with Crippen LogP contribution in [0, 0.1) is 0 Å². The van der Waals surface area contributed by atoms with E-state index in [2.05, 4.69) is 14.7 Å². The van der Waals surface area contributed by atoms with Gasteiger partial charge in [0.2, 0.25) is 0 Å². The number of piperazine rings is 1. The van der Waals surface area contributed by atoms with Crippen molar-refractivity contribution in [3.63, 3.8) is 0 Å². The molecule has 0 radical (unpaired) electrons. The first-order valence-electron chi connectivity index (χ1n) is 8.59. The Hall–Kier alpha value is -2.46. The first-order chi connectivity index (χ1) is 13.9. The van der Waals surface area contributed by atoms with Crippen molar-refractivity contribution >= 4 is 35.2 Å². The van der Waals surface area contributed by atoms with E-state index < -0.39 is 12.5 Å². The Kier molecular flexibility index (Phi) is 6.86. The average Bonchev–Trinajstić information content (AvgIpc) is 2.73. The molecule has 29 heavy (non-hydrogen) atoms. The number of hydrogen-bond donors (Lipinski definition) is 0. The molecule has 11 heteroatoms. The highest BCUT2D eigenvalue weighted by molar-refractivity contribution is 7.98. The van der Waals surface area contributed by atoms with Gasteiger partial charge in [0, 0.05) is 26.2 Å². The standard InChI is InChI=1S/C18H17ClF2N4O3S/c1-29-18-22-10-12(19)14(23-18)16(27)25-8-6-24(7-9-25)15(26)11-4-2-3-5-13(11)28-17(20)21/h2-5,10,17H,6-9H2,1H3. The van der Waals surface area contributed by atoms with Crippen LogP contribution in [0.1, 0.15) is 20.8 Å². The summed E-state index contributed by atoms with van der Waals surface area (Å²) in [5.41, 5.74) is 0.164. The van der Waals surface area contributed by atoms with Gasteiger partial charge >= 0.3 is 6.61 Å². The molecule has 3 rings (SSSR count). The summed E-state index contributed by atoms with van der Waals surface area (Å²) < 4.78 is 29.6. The van der Waals surface area contributed by atoms with Crippen molar-refractivity contribution in [3.05, 3.63) is 46.7 Å². The lowest BCUT2D eigenvalue weighted by Gasteiger charge is -2.35. The molecule has 1 aliphatic rings. The maximum absolute atomic E-state index is 12.7. The van der Waals surface area contributed by atoms with Gasteiger partial charge in [-0.05, 0) is 18.4 Å². The Balaban J connectivity index is 1.68. The molecule has 0 saturated carbocycles. The molecular formula is C18H17ClF2N4O3S. The van der Waals surface area contributed by atoms with Gasteiger partial charge in [-0.15, -0.1) is 0 Å². The van der Waals surface area contributed by atoms with Crippen molar-refractivity contribution in [2.45, 2.75) is 11.8 Å². The number of carbonyl (C=O) groups is 2. The number of thioether (sulfide) groups is 1. The van der Waals surface area contributed by atoms with Gasteiger partial charge in [-0.2, -0.15) is 8.78 Å². The Morgan fingerprint density at radius 1 is 1.14 bits per heavy atom. The van der Waals surface area contributed by atoms with E-state index in [1.807, 2.05) is 0 Å². The fourth-order valence-electron chi connectivity index (χ4n) is 2.87. The summed E-state index contributed by atoms with van der Waals surface area (Å²) >= 11 is 7.36. The second-order valence-electron chi connectivity index (χ2n) is 6.01. The zero-order valence-corrected chi connectivity index (χ0v) is 16.9. The molecule has 7 nitrogen and oxygen atoms in total. The molecule has 0 unspecified atom stereocenters. The maximum Gasteiger partial charge on any atom is 0.387 e. The van der Waals surface area contributed by atoms with E-state index in [0.717, 1.165) is 0 Å². The summed E-state index contributed by atoms with van der Waals surface area (Å²) in [6, 6.07) is 5.84. The number of aromatic nitrogens is 2. The van der Waals surface area contributed by atoms with Crippen molar-refractivity contribution in [1.82, 2.24) is 19.8 Å². The number of ether oxygens (including phenoxy) is 1. The first kappa shape index (κ1) is 21.3. The quantitative estimate of drug-likeness (QED) is 0.523. The Labute approximate surface area is 175 Å². The van der Waals surface area contributed by atoms with Gasteiger partial charge in [-0.1, -0.05) is 35.5 Å². The number of hydrogen-bond acceptors (Lipinski definition) is 6. The highest BCUT2D eigenvalue weighted by atomic mass is 35.5. The summed E-state index contributed by atoms with van der Waals surface area (Å²) in [6.45, 7) is -2.02. The Morgan fingerprint density at radius 2 is 1.76 bits per heavy atom. The van der Waals surface area contributed by atoms with Crippen LogP contribution < -0.4 is 4.74 Å². The third-order valence-electron chi connectivity index (χ3n) is 4.29. The molecule has 1 aromatic heterocycles. The molecule has 0 spiro atoms. The number of rotatable bonds is 5. The third kappa shape index (κ3) is 4.94. The smallest absolute Gasteiger partial charge is 0.387 e. The molecule has 2 aromatic rings. The van der Waals surface area contributed by atoms with Gasteiger partial charge < -0.3 is 14.5 Å². The van der Waals surface area contributed by atoms with E-state index in [1.54, 1.807) is 17.2 Å². The van der Waals surface area contributed by atoms with Crippen LogP contribution in [0.25, 0.3) is 0 Å². The van der Waals surface area contributed by atoms with Crippen LogP contribution in [0.2, 0.25) is 5.02 Å². The molecule has 0 N–H and O–H groups in total. The molecular weight excluding hydrogens is 426 g/mol. The predicted molar refractivity (Wildman–Crippen MR) is 104 cm³/mol. The lowest BCUT2D eigenvalue weighted by atomic mass is 10.1. The maximum atomic E-state index is 12.7. The van der Waals surface area contributed by atoms with Crippen molar-refractivity contribution in [1.29, 1.82) is 0 Å². The van der Waals surface area contributed by atoms with Crippen LogP contribution in [0.3, 0.4) is 0 Å². The lowest BCUT2D eigenvalue weighted by Crippen LogP contribution is -2.50. The number of carbonyl (C=O) groups excluding carboxylic acids is 2. The third-order valence-corrected chi connectivity index (χ3v) is 5.13. The van der Waals surface area contributed by atoms with E-state index in [1.165, 1.54) is 41.1 Å². The minimum Gasteiger partial charge on any atom is -0.434 e. The summed E-state index contributed by atoms with van der Waals surface area (Å²) in [7, 11) is 0. The lowest BCUT2D eigenvalue weighted by molar-refractivity contribution is -0.0503. The monoisotopic (exact) mass is 442 g/mol. The zero-order valence-electron chi connectivity index (χ0n) is 15.3. The topological polar surface area (TPSA) is 75.6 Å². The normalized spacial score (nSPS) is 14.2. The first-order valence-corrected chi connectivity index (χ1v) is 10.2. The average molecular weight is 443 g/mol. The number of benzene rings is 1. The fourth-order valence-corrected chi connectivity index (χ4v) is 3.39. The van der Waals surface area contributed by atoms with Gasteiger partial charge in [0.1, 0.15) is 5.75 Å². The largest absolute Gasteiger partial charge is 0.434 e. The Morgan fingerprint density at radius 3 is 2.38 bits per heavy atom. The van der Waals surface area contributed by atoms with Gasteiger partial charge in [-0.3, -0.25) is 9.59 Å². The van der Waals surface area contributed by atoms with Gasteiger partial charge in [0.15, 0.2) is 10.9 Å². The molecule has 2 heterocycles. The van der Waals surface area contributed by atoms with Crippen LogP contribution >= 0.6 is 23.4 Å². The van der Waals surface area contributed by atoms with Crippen LogP contribution in [-0.2, 0) is 0 Å². The van der Waals surface area contributed by atoms with Crippen molar-refractivity contribution in [2.75, 3.05) is 32.4 Å². The summed E-state index contributed by atoms with van der Waals surface area (Å²) in [5.74, 6) is -0.956. The molecule has 2 amide bonds. The minimum absolute atomic E-state index is 0.0519. The summed E-state index contributed by atoms with van der Waals surface area (Å²) in [5, 5.41) is 0.589. The molecule has 1 aliphatic heterocycles. The molecule has 154 valence electrons. The van der Waals surface area contributed by atoms with Gasteiger partial charge in [0.25, 0.3) is 11.8 Å². The van der Waals surface area contributed by atoms with Crippen LogP contribution in [-0.4, -0.2) is 70.6 Å². The zero-order chi connectivity index (χ0) is 21.0. The molecule has 1 saturated heterocycles. The second-order valence-corrected chi connectivity index (χ2v) is 7.19. The van der Waals surface area contributed by atoms with Crippen molar-refractivity contribution in [2.24, 2.45) is 0 Å². The molecule has 1 fully saturated rings. The summed E-state index contributed by atoms with van der Waals surface area (Å²) in [6.07, 6.45) is 3.17. The van der Waals surface area contributed by atoms with Crippen LogP contribution in [0.15, 0.2) is 35.6 Å². The van der Waals surface area contributed by atoms with Crippen molar-refractivity contribution in [3.8, 4) is 5.75 Å². The predicted octanol–water partition coefficient (Wildman–Crippen LogP) is 3.05. The highest BCUT2D eigenvalue weighted by Gasteiger charge is 2.29. The van der Waals surface area contributed by atoms with E-state index in [0.29, 0.717) is 5.16 Å².